The van der Waals surface area contributed by atoms with Crippen LogP contribution < -0.4 is 9.80 Å². The van der Waals surface area contributed by atoms with E-state index in [1.54, 1.807) is 22.3 Å². The third-order valence-corrected chi connectivity index (χ3v) is 34.3. The van der Waals surface area contributed by atoms with Gasteiger partial charge in [-0.05, 0) is 322 Å². The lowest BCUT2D eigenvalue weighted by atomic mass is 9.43. The van der Waals surface area contributed by atoms with Crippen LogP contribution in [0, 0.1) is 47.3 Å². The van der Waals surface area contributed by atoms with E-state index in [-0.39, 0.29) is 10.8 Å². The summed E-state index contributed by atoms with van der Waals surface area (Å²) < 4.78 is 14.6. The van der Waals surface area contributed by atoms with Gasteiger partial charge in [0.1, 0.15) is 5.58 Å². The molecule has 0 radical (unpaired) electrons. The number of furan rings is 1. The summed E-state index contributed by atoms with van der Waals surface area (Å²) in [5.41, 5.74) is 31.4. The first-order chi connectivity index (χ1) is 60.3. The van der Waals surface area contributed by atoms with E-state index in [9.17, 15) is 0 Å². The van der Waals surface area contributed by atoms with Crippen molar-refractivity contribution in [2.75, 3.05) is 9.80 Å². The maximum atomic E-state index is 6.69. The molecule has 0 N–H and O–H groups in total. The van der Waals surface area contributed by atoms with Gasteiger partial charge >= 0.3 is 0 Å². The molecule has 0 aliphatic heterocycles. The fourth-order valence-corrected chi connectivity index (χ4v) is 29.7. The number of hydrogen-bond acceptors (Lipinski definition) is 6. The van der Waals surface area contributed by atoms with Crippen LogP contribution in [0.5, 0.6) is 0 Å². The summed E-state index contributed by atoms with van der Waals surface area (Å²) in [7, 11) is 0. The van der Waals surface area contributed by atoms with Crippen molar-refractivity contribution in [3.05, 3.63) is 374 Å². The highest BCUT2D eigenvalue weighted by Gasteiger charge is 2.63. The summed E-state index contributed by atoms with van der Waals surface area (Å²) in [6.45, 7) is 0. The van der Waals surface area contributed by atoms with Gasteiger partial charge in [-0.3, -0.25) is 0 Å². The molecule has 8 bridgehead atoms. The van der Waals surface area contributed by atoms with Crippen LogP contribution in [0.2, 0.25) is 0 Å². The molecule has 0 amide bonds. The van der Waals surface area contributed by atoms with Gasteiger partial charge in [-0.2, -0.15) is 0 Å². The molecule has 6 heteroatoms. The molecule has 4 aromatic heterocycles. The van der Waals surface area contributed by atoms with Gasteiger partial charge in [-0.1, -0.05) is 231 Å². The van der Waals surface area contributed by atoms with Gasteiger partial charge in [0.2, 0.25) is 0 Å². The lowest BCUT2D eigenvalue weighted by molar-refractivity contribution is -0.0399. The van der Waals surface area contributed by atoms with Crippen molar-refractivity contribution in [3.8, 4) is 66.8 Å². The SMILES string of the molecule is c1ccc(-c2ccc(N(c3ccc4c(c3)sc3ccccc34)c3ccc4sc5cc(-c6ccc7c(c6)-c6ccccc6C76C7CC8CC(C7)CC6C8)ccc5c4c3)cc2)cc1.c1ccc(-c2ccc(N(c3ccc4sc5ccc(-c6ccc7c(c6)-c6ccccc6C76C7CC8CC(C7)CC6C8)cc5c4c3)c3cccc4c3oc3ccccc34)cc2)cc1. The van der Waals surface area contributed by atoms with Crippen molar-refractivity contribution in [2.45, 2.75) is 75.0 Å². The first-order valence-corrected chi connectivity index (χ1v) is 46.9. The number of para-hydroxylation sites is 2. The van der Waals surface area contributed by atoms with Crippen LogP contribution >= 0.6 is 34.0 Å². The van der Waals surface area contributed by atoms with Crippen molar-refractivity contribution >= 4 is 151 Å². The Bertz CT molecular complexity index is 7630. The average Bonchev–Trinajstić information content (AvgIpc) is 1.50. The second kappa shape index (κ2) is 27.0. The van der Waals surface area contributed by atoms with Gasteiger partial charge in [0, 0.05) is 111 Å². The van der Waals surface area contributed by atoms with Crippen LogP contribution in [0.25, 0.3) is 149 Å². The Balaban J connectivity index is 0.000000128. The van der Waals surface area contributed by atoms with Crippen LogP contribution in [0.3, 0.4) is 0 Å². The minimum absolute atomic E-state index is 0.197. The number of thiophene rings is 3. The lowest BCUT2D eigenvalue weighted by Crippen LogP contribution is -2.55. The Morgan fingerprint density at radius 3 is 1.19 bits per heavy atom. The highest BCUT2D eigenvalue weighted by atomic mass is 32.1. The zero-order valence-corrected chi connectivity index (χ0v) is 70.2. The summed E-state index contributed by atoms with van der Waals surface area (Å²) in [5, 5.41) is 10.1. The van der Waals surface area contributed by atoms with Crippen LogP contribution in [0.4, 0.5) is 34.1 Å². The quantitative estimate of drug-likeness (QED) is 0.136. The van der Waals surface area contributed by atoms with E-state index < -0.39 is 0 Å². The normalized spacial score (nSPS) is 22.2. The van der Waals surface area contributed by atoms with Crippen molar-refractivity contribution < 1.29 is 4.42 Å². The molecule has 122 heavy (non-hydrogen) atoms. The molecule has 10 aliphatic carbocycles. The minimum atomic E-state index is 0.197. The Kier molecular flexibility index (Phi) is 15.6. The maximum absolute atomic E-state index is 6.69. The molecular formula is C116H86N2OS3. The monoisotopic (exact) mass is 1620 g/mol. The third kappa shape index (κ3) is 10.5. The largest absolute Gasteiger partial charge is 0.454 e. The van der Waals surface area contributed by atoms with E-state index in [2.05, 4.69) is 362 Å². The molecule has 8 saturated carbocycles. The third-order valence-electron chi connectivity index (χ3n) is 30.9. The first kappa shape index (κ1) is 70.3. The fraction of sp³-hybridized carbons (Fsp3) is 0.172. The van der Waals surface area contributed by atoms with Crippen LogP contribution in [0.1, 0.15) is 86.5 Å². The van der Waals surface area contributed by atoms with Crippen LogP contribution in [0.15, 0.2) is 356 Å². The smallest absolute Gasteiger partial charge is 0.159 e. The molecule has 4 heterocycles. The molecule has 16 aromatic carbocycles. The molecule has 0 saturated heterocycles. The first-order valence-electron chi connectivity index (χ1n) is 44.5. The van der Waals surface area contributed by atoms with Gasteiger partial charge in [0.05, 0.1) is 5.69 Å². The van der Waals surface area contributed by atoms with E-state index in [1.807, 2.05) is 34.0 Å². The van der Waals surface area contributed by atoms with Crippen molar-refractivity contribution in [1.29, 1.82) is 0 Å². The number of hydrogen-bond donors (Lipinski definition) is 0. The number of nitrogens with zero attached hydrogens (tertiary/aromatic N) is 2. The molecule has 30 rings (SSSR count). The zero-order chi connectivity index (χ0) is 79.6. The summed E-state index contributed by atoms with van der Waals surface area (Å²) in [5.74, 6) is 6.95. The molecule has 8 fully saturated rings. The molecular weight excluding hydrogens is 1530 g/mol. The van der Waals surface area contributed by atoms with Crippen LogP contribution in [-0.4, -0.2) is 0 Å². The lowest BCUT2D eigenvalue weighted by Gasteiger charge is -2.61. The van der Waals surface area contributed by atoms with Crippen LogP contribution in [-0.2, 0) is 10.8 Å². The summed E-state index contributed by atoms with van der Waals surface area (Å²) in [4.78, 5) is 4.82. The van der Waals surface area contributed by atoms with Crippen molar-refractivity contribution in [2.24, 2.45) is 47.3 Å². The highest BCUT2D eigenvalue weighted by molar-refractivity contribution is 7.26. The van der Waals surface area contributed by atoms with E-state index in [4.69, 9.17) is 4.42 Å². The highest BCUT2D eigenvalue weighted by Crippen LogP contribution is 2.72. The van der Waals surface area contributed by atoms with Gasteiger partial charge in [-0.15, -0.1) is 34.0 Å². The topological polar surface area (TPSA) is 19.6 Å². The van der Waals surface area contributed by atoms with Gasteiger partial charge < -0.3 is 14.2 Å². The molecule has 0 atom stereocenters. The number of anilines is 6. The molecule has 584 valence electrons. The predicted octanol–water partition coefficient (Wildman–Crippen LogP) is 33.4. The average molecular weight is 1620 g/mol. The van der Waals surface area contributed by atoms with Gasteiger partial charge in [0.15, 0.2) is 5.58 Å². The number of benzene rings is 16. The molecule has 2 spiro atoms. The van der Waals surface area contributed by atoms with E-state index in [1.165, 1.54) is 203 Å². The Morgan fingerprint density at radius 2 is 0.590 bits per heavy atom. The summed E-state index contributed by atoms with van der Waals surface area (Å²) >= 11 is 5.68. The van der Waals surface area contributed by atoms with Crippen molar-refractivity contribution in [3.63, 3.8) is 0 Å². The molecule has 10 aliphatic rings. The summed E-state index contributed by atoms with van der Waals surface area (Å²) in [6.07, 6.45) is 14.3. The summed E-state index contributed by atoms with van der Waals surface area (Å²) in [6, 6.07) is 133. The Labute approximate surface area is 722 Å². The van der Waals surface area contributed by atoms with E-state index in [0.717, 1.165) is 92.0 Å². The second-order valence-corrected chi connectivity index (χ2v) is 40.2. The van der Waals surface area contributed by atoms with E-state index in [0.29, 0.717) is 0 Å². The zero-order valence-electron chi connectivity index (χ0n) is 67.7. The standard InChI is InChI=1S/C58H43NOS.C58H43NS2/c1-2-9-37(10-3-1)38-17-21-43(22-18-38)59(53-15-8-13-47-46-12-5-7-16-54(46)60-57(47)53)44-23-26-56-50(34-44)49-33-40(20-25-55(49)61-56)39-19-24-52-48(32-39)45-11-4-6-14-51(45)58(52)41-28-35-27-36(30-41)31-42(58)29-35;1-2-8-37(9-3-1)38-14-18-43(19-15-38)59(45-20-23-48-47-11-5-7-13-54(47)60-57(48)34-45)44-21-25-55-51(33-44)49-22-16-40(32-56(49)61-55)39-17-24-53-50(31-39)46-10-4-6-12-52(46)58(53)41-27-35-26-36(29-41)30-42(58)28-35/h1-26,32-36,41-42H,27-31H2;1-25,31-36,41-42H,26-30H2. The molecule has 3 nitrogen and oxygen atoms in total. The second-order valence-electron chi connectivity index (χ2n) is 37.0. The predicted molar refractivity (Wildman–Crippen MR) is 516 cm³/mol. The van der Waals surface area contributed by atoms with Crippen molar-refractivity contribution in [1.82, 2.24) is 0 Å². The Morgan fingerprint density at radius 1 is 0.221 bits per heavy atom. The minimum Gasteiger partial charge on any atom is -0.454 e. The molecule has 0 unspecified atom stereocenters. The number of rotatable bonds is 10. The maximum Gasteiger partial charge on any atom is 0.159 e. The molecule has 20 aromatic rings. The Hall–Kier alpha value is -12.4. The number of fused-ring (bicyclic) bond motifs is 18. The van der Waals surface area contributed by atoms with Gasteiger partial charge in [0.25, 0.3) is 0 Å². The fourth-order valence-electron chi connectivity index (χ4n) is 26.3. The van der Waals surface area contributed by atoms with E-state index >= 15 is 0 Å². The van der Waals surface area contributed by atoms with Gasteiger partial charge in [-0.25, -0.2) is 0 Å².